The van der Waals surface area contributed by atoms with Crippen molar-refractivity contribution in [2.75, 3.05) is 6.54 Å². The molecule has 4 nitrogen and oxygen atoms in total. The normalized spacial score (nSPS) is 13.9. The number of sulfonamides is 1. The second kappa shape index (κ2) is 6.02. The average Bonchev–Trinajstić information content (AvgIpc) is 2.25. The van der Waals surface area contributed by atoms with Gasteiger partial charge in [0.2, 0.25) is 10.0 Å². The van der Waals surface area contributed by atoms with Crippen molar-refractivity contribution in [2.45, 2.75) is 31.7 Å². The lowest BCUT2D eigenvalue weighted by molar-refractivity contribution is 0.481. The molecule has 3 N–H and O–H groups in total. The summed E-state index contributed by atoms with van der Waals surface area (Å²) in [5.41, 5.74) is 6.72. The van der Waals surface area contributed by atoms with Crippen LogP contribution in [0.15, 0.2) is 23.1 Å². The number of rotatable bonds is 5. The number of benzene rings is 1. The van der Waals surface area contributed by atoms with E-state index in [4.69, 9.17) is 17.3 Å². The van der Waals surface area contributed by atoms with Crippen LogP contribution in [0.4, 0.5) is 0 Å². The molecular formula is C12H19ClN2O2S. The SMILES string of the molecule is Cc1ccc(S(=O)(=O)NCC(N)C(C)C)c(Cl)c1. The molecule has 0 amide bonds. The first-order valence-electron chi connectivity index (χ1n) is 5.75. The van der Waals surface area contributed by atoms with Crippen molar-refractivity contribution in [3.8, 4) is 0 Å². The minimum Gasteiger partial charge on any atom is -0.326 e. The topological polar surface area (TPSA) is 72.2 Å². The third kappa shape index (κ3) is 3.95. The summed E-state index contributed by atoms with van der Waals surface area (Å²) in [6.45, 7) is 5.93. The van der Waals surface area contributed by atoms with E-state index in [0.29, 0.717) is 0 Å². The van der Waals surface area contributed by atoms with Crippen LogP contribution in [0.1, 0.15) is 19.4 Å². The van der Waals surface area contributed by atoms with Crippen molar-refractivity contribution in [2.24, 2.45) is 11.7 Å². The maximum atomic E-state index is 12.0. The van der Waals surface area contributed by atoms with Crippen LogP contribution in [0, 0.1) is 12.8 Å². The molecule has 0 saturated carbocycles. The molecule has 1 rings (SSSR count). The van der Waals surface area contributed by atoms with Gasteiger partial charge in [0.25, 0.3) is 0 Å². The van der Waals surface area contributed by atoms with Gasteiger partial charge in [-0.25, -0.2) is 13.1 Å². The molecule has 0 fully saturated rings. The van der Waals surface area contributed by atoms with E-state index in [1.54, 1.807) is 12.1 Å². The fourth-order valence-corrected chi connectivity index (χ4v) is 3.01. The van der Waals surface area contributed by atoms with Gasteiger partial charge in [0.15, 0.2) is 0 Å². The number of nitrogens with two attached hydrogens (primary N) is 1. The van der Waals surface area contributed by atoms with Gasteiger partial charge in [-0.05, 0) is 30.5 Å². The molecule has 0 spiro atoms. The van der Waals surface area contributed by atoms with Crippen molar-refractivity contribution in [1.82, 2.24) is 4.72 Å². The zero-order chi connectivity index (χ0) is 13.9. The molecule has 6 heteroatoms. The van der Waals surface area contributed by atoms with Crippen molar-refractivity contribution in [3.05, 3.63) is 28.8 Å². The molecule has 1 atom stereocenters. The summed E-state index contributed by atoms with van der Waals surface area (Å²) in [5.74, 6) is 0.209. The maximum Gasteiger partial charge on any atom is 0.242 e. The standard InChI is InChI=1S/C12H19ClN2O2S/c1-8(2)11(14)7-15-18(16,17)12-5-4-9(3)6-10(12)13/h4-6,8,11,15H,7,14H2,1-3H3. The highest BCUT2D eigenvalue weighted by Gasteiger charge is 2.19. The predicted molar refractivity (Wildman–Crippen MR) is 74.2 cm³/mol. The van der Waals surface area contributed by atoms with E-state index in [1.165, 1.54) is 6.07 Å². The highest BCUT2D eigenvalue weighted by Crippen LogP contribution is 2.22. The van der Waals surface area contributed by atoms with Crippen LogP contribution in [-0.2, 0) is 10.0 Å². The van der Waals surface area contributed by atoms with Gasteiger partial charge in [0.05, 0.1) is 5.02 Å². The Labute approximate surface area is 114 Å². The fraction of sp³-hybridized carbons (Fsp3) is 0.500. The summed E-state index contributed by atoms with van der Waals surface area (Å²) in [7, 11) is -3.60. The lowest BCUT2D eigenvalue weighted by Gasteiger charge is -2.16. The Bertz CT molecular complexity index is 515. The monoisotopic (exact) mass is 290 g/mol. The first-order chi connectivity index (χ1) is 8.24. The minimum absolute atomic E-state index is 0.0886. The number of nitrogens with one attached hydrogen (secondary N) is 1. The molecule has 0 bridgehead atoms. The molecule has 1 unspecified atom stereocenters. The largest absolute Gasteiger partial charge is 0.326 e. The third-order valence-electron chi connectivity index (χ3n) is 2.74. The van der Waals surface area contributed by atoms with Crippen LogP contribution >= 0.6 is 11.6 Å². The highest BCUT2D eigenvalue weighted by molar-refractivity contribution is 7.89. The summed E-state index contributed by atoms with van der Waals surface area (Å²) in [4.78, 5) is 0.0886. The molecule has 0 aliphatic rings. The van der Waals surface area contributed by atoms with Crippen LogP contribution in [0.25, 0.3) is 0 Å². The summed E-state index contributed by atoms with van der Waals surface area (Å²) in [6, 6.07) is 4.62. The van der Waals surface area contributed by atoms with Gasteiger partial charge in [-0.15, -0.1) is 0 Å². The molecule has 0 aliphatic carbocycles. The first kappa shape index (κ1) is 15.4. The van der Waals surface area contributed by atoms with Crippen molar-refractivity contribution >= 4 is 21.6 Å². The van der Waals surface area contributed by atoms with Gasteiger partial charge in [-0.1, -0.05) is 31.5 Å². The molecule has 0 radical (unpaired) electrons. The molecular weight excluding hydrogens is 272 g/mol. The van der Waals surface area contributed by atoms with Crippen LogP contribution in [0.3, 0.4) is 0 Å². The number of hydrogen-bond donors (Lipinski definition) is 2. The number of hydrogen-bond acceptors (Lipinski definition) is 3. The van der Waals surface area contributed by atoms with Crippen LogP contribution in [-0.4, -0.2) is 21.0 Å². The molecule has 18 heavy (non-hydrogen) atoms. The van der Waals surface area contributed by atoms with E-state index in [-0.39, 0.29) is 28.4 Å². The van der Waals surface area contributed by atoms with E-state index in [9.17, 15) is 8.42 Å². The van der Waals surface area contributed by atoms with Gasteiger partial charge >= 0.3 is 0 Å². The Kier molecular flexibility index (Phi) is 5.16. The van der Waals surface area contributed by atoms with Crippen LogP contribution in [0.5, 0.6) is 0 Å². The lowest BCUT2D eigenvalue weighted by Crippen LogP contribution is -2.40. The first-order valence-corrected chi connectivity index (χ1v) is 7.61. The smallest absolute Gasteiger partial charge is 0.242 e. The second-order valence-corrected chi connectivity index (χ2v) is 6.84. The van der Waals surface area contributed by atoms with Gasteiger partial charge in [0.1, 0.15) is 4.90 Å². The highest BCUT2D eigenvalue weighted by atomic mass is 35.5. The second-order valence-electron chi connectivity index (χ2n) is 4.69. The molecule has 102 valence electrons. The zero-order valence-electron chi connectivity index (χ0n) is 10.8. The molecule has 0 aromatic heterocycles. The summed E-state index contributed by atoms with van der Waals surface area (Å²) >= 11 is 5.94. The summed E-state index contributed by atoms with van der Waals surface area (Å²) in [5, 5.41) is 0.223. The molecule has 0 heterocycles. The quantitative estimate of drug-likeness (QED) is 0.870. The third-order valence-corrected chi connectivity index (χ3v) is 4.65. The van der Waals surface area contributed by atoms with E-state index in [0.717, 1.165) is 5.56 Å². The predicted octanol–water partition coefficient (Wildman–Crippen LogP) is 1.91. The summed E-state index contributed by atoms with van der Waals surface area (Å²) in [6.07, 6.45) is 0. The van der Waals surface area contributed by atoms with Crippen LogP contribution < -0.4 is 10.5 Å². The molecule has 1 aromatic carbocycles. The maximum absolute atomic E-state index is 12.0. The van der Waals surface area contributed by atoms with Crippen molar-refractivity contribution < 1.29 is 8.42 Å². The van der Waals surface area contributed by atoms with E-state index in [1.807, 2.05) is 20.8 Å². The van der Waals surface area contributed by atoms with E-state index in [2.05, 4.69) is 4.72 Å². The fourth-order valence-electron chi connectivity index (χ4n) is 1.34. The van der Waals surface area contributed by atoms with Gasteiger partial charge < -0.3 is 5.73 Å². The Morgan fingerprint density at radius 2 is 2.00 bits per heavy atom. The molecule has 0 aliphatic heterocycles. The van der Waals surface area contributed by atoms with Gasteiger partial charge in [-0.2, -0.15) is 0 Å². The zero-order valence-corrected chi connectivity index (χ0v) is 12.3. The number of halogens is 1. The minimum atomic E-state index is -3.60. The van der Waals surface area contributed by atoms with Crippen molar-refractivity contribution in [1.29, 1.82) is 0 Å². The van der Waals surface area contributed by atoms with E-state index < -0.39 is 10.0 Å². The Morgan fingerprint density at radius 3 is 2.50 bits per heavy atom. The Hall–Kier alpha value is -0.620. The Balaban J connectivity index is 2.87. The summed E-state index contributed by atoms with van der Waals surface area (Å²) < 4.78 is 26.6. The Morgan fingerprint density at radius 1 is 1.39 bits per heavy atom. The van der Waals surface area contributed by atoms with Gasteiger partial charge in [0, 0.05) is 12.6 Å². The van der Waals surface area contributed by atoms with Crippen LogP contribution in [0.2, 0.25) is 5.02 Å². The van der Waals surface area contributed by atoms with Gasteiger partial charge in [-0.3, -0.25) is 0 Å². The lowest BCUT2D eigenvalue weighted by atomic mass is 10.1. The number of aryl methyl sites for hydroxylation is 1. The average molecular weight is 291 g/mol. The molecule has 0 saturated heterocycles. The molecule has 1 aromatic rings. The van der Waals surface area contributed by atoms with E-state index >= 15 is 0 Å². The van der Waals surface area contributed by atoms with Crippen molar-refractivity contribution in [3.63, 3.8) is 0 Å².